The van der Waals surface area contributed by atoms with Crippen molar-refractivity contribution in [3.8, 4) is 0 Å². The molecule has 0 radical (unpaired) electrons. The molecule has 0 bridgehead atoms. The third-order valence-corrected chi connectivity index (χ3v) is 1.81. The molecule has 4 N–H and O–H groups in total. The van der Waals surface area contributed by atoms with Gasteiger partial charge in [-0.3, -0.25) is 9.59 Å². The van der Waals surface area contributed by atoms with Gasteiger partial charge < -0.3 is 16.2 Å². The van der Waals surface area contributed by atoms with Gasteiger partial charge in [0.15, 0.2) is 0 Å². The molecule has 0 saturated heterocycles. The molecule has 1 atom stereocenters. The zero-order chi connectivity index (χ0) is 11.4. The summed E-state index contributed by atoms with van der Waals surface area (Å²) in [7, 11) is 0. The second-order valence-corrected chi connectivity index (χ2v) is 4.15. The summed E-state index contributed by atoms with van der Waals surface area (Å²) < 4.78 is 0. The van der Waals surface area contributed by atoms with Crippen molar-refractivity contribution in [1.82, 2.24) is 5.32 Å². The molecule has 0 saturated carbocycles. The van der Waals surface area contributed by atoms with E-state index in [4.69, 9.17) is 10.8 Å². The Hall–Kier alpha value is -1.10. The number of carbonyl (C=O) groups excluding carboxylic acids is 1. The Morgan fingerprint density at radius 1 is 1.50 bits per heavy atom. The molecule has 0 rings (SSSR count). The molecule has 0 spiro atoms. The third kappa shape index (κ3) is 4.81. The van der Waals surface area contributed by atoms with Crippen molar-refractivity contribution in [2.45, 2.75) is 33.2 Å². The standard InChI is InChI=1S/C9H18N2O3/c1-6(10)4-7(12)11-5-9(2,3)8(13)14/h6H,4-5,10H2,1-3H3,(H,11,12)(H,13,14). The molecule has 82 valence electrons. The van der Waals surface area contributed by atoms with E-state index < -0.39 is 11.4 Å². The summed E-state index contributed by atoms with van der Waals surface area (Å²) in [6.45, 7) is 4.96. The fourth-order valence-electron chi connectivity index (χ4n) is 0.760. The number of amides is 1. The Morgan fingerprint density at radius 2 is 2.00 bits per heavy atom. The van der Waals surface area contributed by atoms with Crippen molar-refractivity contribution in [2.24, 2.45) is 11.1 Å². The highest BCUT2D eigenvalue weighted by Crippen LogP contribution is 2.12. The summed E-state index contributed by atoms with van der Waals surface area (Å²) >= 11 is 0. The minimum atomic E-state index is -0.937. The Balaban J connectivity index is 3.94. The first-order valence-corrected chi connectivity index (χ1v) is 4.51. The first-order chi connectivity index (χ1) is 6.25. The lowest BCUT2D eigenvalue weighted by Gasteiger charge is -2.19. The second kappa shape index (κ2) is 4.95. The SMILES string of the molecule is CC(N)CC(=O)NCC(C)(C)C(=O)O. The quantitative estimate of drug-likeness (QED) is 0.582. The normalized spacial score (nSPS) is 13.4. The van der Waals surface area contributed by atoms with Crippen LogP contribution in [0.5, 0.6) is 0 Å². The van der Waals surface area contributed by atoms with Crippen molar-refractivity contribution in [2.75, 3.05) is 6.54 Å². The molecule has 1 unspecified atom stereocenters. The predicted octanol–water partition coefficient (Wildman–Crippen LogP) is -0.0493. The summed E-state index contributed by atoms with van der Waals surface area (Å²) in [6.07, 6.45) is 0.218. The maximum Gasteiger partial charge on any atom is 0.310 e. The van der Waals surface area contributed by atoms with Crippen molar-refractivity contribution in [1.29, 1.82) is 0 Å². The molecular formula is C9H18N2O3. The lowest BCUT2D eigenvalue weighted by atomic mass is 9.94. The Kier molecular flexibility index (Phi) is 4.56. The van der Waals surface area contributed by atoms with E-state index in [1.807, 2.05) is 0 Å². The van der Waals surface area contributed by atoms with Crippen LogP contribution in [-0.4, -0.2) is 29.6 Å². The first kappa shape index (κ1) is 12.9. The van der Waals surface area contributed by atoms with Crippen LogP contribution < -0.4 is 11.1 Å². The van der Waals surface area contributed by atoms with E-state index in [1.54, 1.807) is 20.8 Å². The number of carboxylic acid groups (broad SMARTS) is 1. The van der Waals surface area contributed by atoms with Gasteiger partial charge in [0.1, 0.15) is 0 Å². The molecule has 0 fully saturated rings. The van der Waals surface area contributed by atoms with E-state index in [0.717, 1.165) is 0 Å². The smallest absolute Gasteiger partial charge is 0.310 e. The van der Waals surface area contributed by atoms with Crippen LogP contribution in [0.2, 0.25) is 0 Å². The number of aliphatic carboxylic acids is 1. The maximum atomic E-state index is 11.1. The molecule has 0 aromatic heterocycles. The molecular weight excluding hydrogens is 184 g/mol. The largest absolute Gasteiger partial charge is 0.481 e. The van der Waals surface area contributed by atoms with Crippen LogP contribution in [-0.2, 0) is 9.59 Å². The summed E-state index contributed by atoms with van der Waals surface area (Å²) in [5.74, 6) is -1.15. The highest BCUT2D eigenvalue weighted by atomic mass is 16.4. The van der Waals surface area contributed by atoms with Crippen molar-refractivity contribution < 1.29 is 14.7 Å². The molecule has 0 aromatic rings. The molecule has 1 amide bonds. The highest BCUT2D eigenvalue weighted by molar-refractivity contribution is 5.78. The monoisotopic (exact) mass is 202 g/mol. The summed E-state index contributed by atoms with van der Waals surface area (Å²) in [5.41, 5.74) is 4.48. The van der Waals surface area contributed by atoms with Crippen LogP contribution in [0.3, 0.4) is 0 Å². The van der Waals surface area contributed by atoms with E-state index in [2.05, 4.69) is 5.32 Å². The van der Waals surface area contributed by atoms with Crippen LogP contribution in [0.4, 0.5) is 0 Å². The van der Waals surface area contributed by atoms with Crippen LogP contribution >= 0.6 is 0 Å². The first-order valence-electron chi connectivity index (χ1n) is 4.51. The van der Waals surface area contributed by atoms with Crippen LogP contribution in [0.15, 0.2) is 0 Å². The summed E-state index contributed by atoms with van der Waals surface area (Å²) in [4.78, 5) is 21.8. The van der Waals surface area contributed by atoms with Gasteiger partial charge in [-0.25, -0.2) is 0 Å². The van der Waals surface area contributed by atoms with E-state index in [-0.39, 0.29) is 24.9 Å². The fraction of sp³-hybridized carbons (Fsp3) is 0.778. The number of nitrogens with one attached hydrogen (secondary N) is 1. The molecule has 14 heavy (non-hydrogen) atoms. The van der Waals surface area contributed by atoms with Crippen molar-refractivity contribution in [3.05, 3.63) is 0 Å². The lowest BCUT2D eigenvalue weighted by Crippen LogP contribution is -2.40. The average Bonchev–Trinajstić information content (AvgIpc) is 1.99. The van der Waals surface area contributed by atoms with E-state index in [0.29, 0.717) is 0 Å². The zero-order valence-electron chi connectivity index (χ0n) is 8.83. The van der Waals surface area contributed by atoms with Crippen molar-refractivity contribution >= 4 is 11.9 Å². The summed E-state index contributed by atoms with van der Waals surface area (Å²) in [5, 5.41) is 11.3. The maximum absolute atomic E-state index is 11.1. The zero-order valence-corrected chi connectivity index (χ0v) is 8.83. The predicted molar refractivity (Wildman–Crippen MR) is 52.7 cm³/mol. The molecule has 0 aromatic carbocycles. The number of rotatable bonds is 5. The van der Waals surface area contributed by atoms with Gasteiger partial charge in [-0.15, -0.1) is 0 Å². The molecule has 0 aliphatic carbocycles. The fourth-order valence-corrected chi connectivity index (χ4v) is 0.760. The Labute approximate surface area is 83.7 Å². The molecule has 0 aliphatic heterocycles. The average molecular weight is 202 g/mol. The molecule has 5 heteroatoms. The van der Waals surface area contributed by atoms with E-state index in [9.17, 15) is 9.59 Å². The topological polar surface area (TPSA) is 92.4 Å². The minimum Gasteiger partial charge on any atom is -0.481 e. The minimum absolute atomic E-state index is 0.119. The van der Waals surface area contributed by atoms with Crippen LogP contribution in [0.1, 0.15) is 27.2 Å². The van der Waals surface area contributed by atoms with Gasteiger partial charge >= 0.3 is 5.97 Å². The molecule has 0 aliphatic rings. The van der Waals surface area contributed by atoms with E-state index in [1.165, 1.54) is 0 Å². The van der Waals surface area contributed by atoms with Crippen molar-refractivity contribution in [3.63, 3.8) is 0 Å². The Morgan fingerprint density at radius 3 is 2.36 bits per heavy atom. The van der Waals surface area contributed by atoms with Crippen LogP contribution in [0, 0.1) is 5.41 Å². The molecule has 5 nitrogen and oxygen atoms in total. The third-order valence-electron chi connectivity index (χ3n) is 1.81. The van der Waals surface area contributed by atoms with Gasteiger partial charge in [0.2, 0.25) is 5.91 Å². The van der Waals surface area contributed by atoms with Gasteiger partial charge in [-0.2, -0.15) is 0 Å². The highest BCUT2D eigenvalue weighted by Gasteiger charge is 2.27. The number of hydrogen-bond acceptors (Lipinski definition) is 3. The summed E-state index contributed by atoms with van der Waals surface area (Å²) in [6, 6.07) is -0.206. The number of hydrogen-bond donors (Lipinski definition) is 3. The van der Waals surface area contributed by atoms with Gasteiger partial charge in [0.25, 0.3) is 0 Å². The number of carboxylic acids is 1. The van der Waals surface area contributed by atoms with Gasteiger partial charge in [-0.1, -0.05) is 0 Å². The number of nitrogens with two attached hydrogens (primary N) is 1. The van der Waals surface area contributed by atoms with Gasteiger partial charge in [0, 0.05) is 19.0 Å². The number of carbonyl (C=O) groups is 2. The lowest BCUT2D eigenvalue weighted by molar-refractivity contribution is -0.146. The molecule has 0 heterocycles. The van der Waals surface area contributed by atoms with E-state index >= 15 is 0 Å². The van der Waals surface area contributed by atoms with Gasteiger partial charge in [-0.05, 0) is 20.8 Å². The Bertz CT molecular complexity index is 224. The second-order valence-electron chi connectivity index (χ2n) is 4.15. The van der Waals surface area contributed by atoms with Gasteiger partial charge in [0.05, 0.1) is 5.41 Å². The van der Waals surface area contributed by atoms with Crippen LogP contribution in [0.25, 0.3) is 0 Å².